The summed E-state index contributed by atoms with van der Waals surface area (Å²) in [7, 11) is 0. The largest absolute Gasteiger partial charge is 0.490 e. The number of allylic oxidation sites excluding steroid dienone is 1. The van der Waals surface area contributed by atoms with Crippen molar-refractivity contribution in [2.24, 2.45) is 4.99 Å². The van der Waals surface area contributed by atoms with E-state index in [9.17, 15) is 9.59 Å². The second kappa shape index (κ2) is 14.1. The van der Waals surface area contributed by atoms with Crippen LogP contribution in [0.15, 0.2) is 130 Å². The Morgan fingerprint density at radius 2 is 1.48 bits per heavy atom. The number of rotatable bonds is 11. The lowest BCUT2D eigenvalue weighted by Gasteiger charge is -2.24. The maximum atomic E-state index is 14.0. The summed E-state index contributed by atoms with van der Waals surface area (Å²) in [5.41, 5.74) is 2.09. The quantitative estimate of drug-likeness (QED) is 0.106. The molecule has 0 amide bonds. The minimum atomic E-state index is -0.705. The summed E-state index contributed by atoms with van der Waals surface area (Å²) in [6.45, 7) is 4.83. The summed E-state index contributed by atoms with van der Waals surface area (Å²) in [6, 6.07) is 32.7. The lowest BCUT2D eigenvalue weighted by Crippen LogP contribution is -2.40. The van der Waals surface area contributed by atoms with Gasteiger partial charge in [0.25, 0.3) is 5.56 Å². The van der Waals surface area contributed by atoms with E-state index < -0.39 is 12.0 Å². The summed E-state index contributed by atoms with van der Waals surface area (Å²) in [5.74, 6) is 1.78. The molecule has 0 saturated heterocycles. The molecule has 0 aliphatic carbocycles. The van der Waals surface area contributed by atoms with Crippen molar-refractivity contribution < 1.29 is 23.7 Å². The Labute approximate surface area is 270 Å². The third-order valence-corrected chi connectivity index (χ3v) is 8.21. The Bertz CT molecular complexity index is 2040. The predicted molar refractivity (Wildman–Crippen MR) is 177 cm³/mol. The highest BCUT2D eigenvalue weighted by atomic mass is 32.1. The van der Waals surface area contributed by atoms with Crippen molar-refractivity contribution in [2.45, 2.75) is 19.9 Å². The van der Waals surface area contributed by atoms with Gasteiger partial charge in [-0.2, -0.15) is 0 Å². The molecule has 0 fully saturated rings. The van der Waals surface area contributed by atoms with Gasteiger partial charge in [-0.1, -0.05) is 84.1 Å². The number of carbonyl (C=O) groups excluding carboxylic acids is 1. The van der Waals surface area contributed by atoms with Crippen LogP contribution in [0, 0.1) is 0 Å². The number of esters is 1. The van der Waals surface area contributed by atoms with E-state index in [1.165, 1.54) is 11.3 Å². The molecule has 1 aliphatic heterocycles. The van der Waals surface area contributed by atoms with Crippen molar-refractivity contribution in [1.29, 1.82) is 0 Å². The van der Waals surface area contributed by atoms with Crippen LogP contribution in [-0.4, -0.2) is 30.4 Å². The molecular weight excluding hydrogens is 600 g/mol. The van der Waals surface area contributed by atoms with Crippen molar-refractivity contribution in [2.75, 3.05) is 19.8 Å². The standard InChI is InChI=1S/C37H32N2O6S/c1-3-42-31-23-26(19-20-30(31)44-22-21-43-28-15-9-5-10-16-28)24-32-35(40)39-34(27-13-7-4-8-14-27)33(25(2)38-37(39)46-32)36(41)45-29-17-11-6-12-18-29/h4-20,23-24,34H,3,21-22H2,1-2H3/b32-24+. The molecule has 1 atom stereocenters. The van der Waals surface area contributed by atoms with Gasteiger partial charge in [-0.25, -0.2) is 9.79 Å². The minimum Gasteiger partial charge on any atom is -0.490 e. The zero-order valence-electron chi connectivity index (χ0n) is 25.4. The van der Waals surface area contributed by atoms with Gasteiger partial charge in [0, 0.05) is 0 Å². The van der Waals surface area contributed by atoms with Gasteiger partial charge in [0.1, 0.15) is 24.7 Å². The first-order valence-electron chi connectivity index (χ1n) is 14.9. The van der Waals surface area contributed by atoms with Crippen molar-refractivity contribution >= 4 is 23.4 Å². The fraction of sp³-hybridized carbons (Fsp3) is 0.162. The van der Waals surface area contributed by atoms with Gasteiger partial charge >= 0.3 is 5.97 Å². The Hall–Kier alpha value is -5.41. The molecular formula is C37H32N2O6S. The van der Waals surface area contributed by atoms with Crippen molar-refractivity contribution in [3.05, 3.63) is 151 Å². The van der Waals surface area contributed by atoms with Crippen molar-refractivity contribution in [3.63, 3.8) is 0 Å². The molecule has 4 aromatic carbocycles. The smallest absolute Gasteiger partial charge is 0.343 e. The van der Waals surface area contributed by atoms with E-state index in [4.69, 9.17) is 23.9 Å². The van der Waals surface area contributed by atoms with Crippen LogP contribution in [0.4, 0.5) is 0 Å². The average Bonchev–Trinajstić information content (AvgIpc) is 3.38. The molecule has 0 bridgehead atoms. The monoisotopic (exact) mass is 632 g/mol. The lowest BCUT2D eigenvalue weighted by atomic mass is 9.96. The number of thiazole rings is 1. The number of benzene rings is 4. The molecule has 8 nitrogen and oxygen atoms in total. The highest BCUT2D eigenvalue weighted by molar-refractivity contribution is 7.07. The van der Waals surface area contributed by atoms with E-state index >= 15 is 0 Å². The van der Waals surface area contributed by atoms with Gasteiger partial charge in [-0.15, -0.1) is 0 Å². The van der Waals surface area contributed by atoms with Gasteiger partial charge in [-0.05, 0) is 67.4 Å². The van der Waals surface area contributed by atoms with E-state index in [1.54, 1.807) is 41.8 Å². The maximum absolute atomic E-state index is 14.0. The van der Waals surface area contributed by atoms with E-state index in [-0.39, 0.29) is 5.56 Å². The number of para-hydroxylation sites is 2. The first-order chi connectivity index (χ1) is 22.5. The minimum absolute atomic E-state index is 0.258. The molecule has 9 heteroatoms. The second-order valence-corrected chi connectivity index (χ2v) is 11.4. The Morgan fingerprint density at radius 1 is 0.826 bits per heavy atom. The average molecular weight is 633 g/mol. The van der Waals surface area contributed by atoms with E-state index in [0.29, 0.717) is 57.7 Å². The zero-order chi connectivity index (χ0) is 31.9. The predicted octanol–water partition coefficient (Wildman–Crippen LogP) is 5.70. The molecule has 2 heterocycles. The van der Waals surface area contributed by atoms with Crippen LogP contribution in [0.3, 0.4) is 0 Å². The highest BCUT2D eigenvalue weighted by Crippen LogP contribution is 2.32. The van der Waals surface area contributed by atoms with Crippen LogP contribution in [-0.2, 0) is 4.79 Å². The summed E-state index contributed by atoms with van der Waals surface area (Å²) >= 11 is 1.27. The molecule has 0 radical (unpaired) electrons. The molecule has 46 heavy (non-hydrogen) atoms. The molecule has 5 aromatic rings. The fourth-order valence-electron chi connectivity index (χ4n) is 5.17. The van der Waals surface area contributed by atoms with Crippen LogP contribution >= 0.6 is 11.3 Å². The Balaban J connectivity index is 1.31. The summed E-state index contributed by atoms with van der Waals surface area (Å²) in [5, 5.41) is 0. The molecule has 0 N–H and O–H groups in total. The molecule has 1 aliphatic rings. The summed E-state index contributed by atoms with van der Waals surface area (Å²) in [6.07, 6.45) is 1.80. The normalized spacial score (nSPS) is 14.3. The van der Waals surface area contributed by atoms with Gasteiger partial charge in [0.2, 0.25) is 0 Å². The first-order valence-corrected chi connectivity index (χ1v) is 15.8. The third-order valence-electron chi connectivity index (χ3n) is 7.23. The first kappa shape index (κ1) is 30.6. The summed E-state index contributed by atoms with van der Waals surface area (Å²) in [4.78, 5) is 32.8. The highest BCUT2D eigenvalue weighted by Gasteiger charge is 2.33. The van der Waals surface area contributed by atoms with Crippen molar-refractivity contribution in [3.8, 4) is 23.0 Å². The summed E-state index contributed by atoms with van der Waals surface area (Å²) < 4.78 is 25.4. The number of hydrogen-bond donors (Lipinski definition) is 0. The van der Waals surface area contributed by atoms with E-state index in [0.717, 1.165) is 16.9 Å². The van der Waals surface area contributed by atoms with Gasteiger partial charge < -0.3 is 18.9 Å². The van der Waals surface area contributed by atoms with Crippen LogP contribution in [0.1, 0.15) is 31.0 Å². The van der Waals surface area contributed by atoms with Crippen LogP contribution in [0.25, 0.3) is 6.08 Å². The number of hydrogen-bond acceptors (Lipinski definition) is 8. The maximum Gasteiger partial charge on any atom is 0.343 e. The van der Waals surface area contributed by atoms with Crippen LogP contribution in [0.5, 0.6) is 23.0 Å². The fourth-order valence-corrected chi connectivity index (χ4v) is 6.21. The van der Waals surface area contributed by atoms with Gasteiger partial charge in [0.15, 0.2) is 16.3 Å². The number of nitrogens with zero attached hydrogens (tertiary/aromatic N) is 2. The third kappa shape index (κ3) is 6.79. The second-order valence-electron chi connectivity index (χ2n) is 10.3. The Kier molecular flexibility index (Phi) is 9.40. The van der Waals surface area contributed by atoms with E-state index in [2.05, 4.69) is 0 Å². The van der Waals surface area contributed by atoms with Crippen LogP contribution in [0.2, 0.25) is 0 Å². The van der Waals surface area contributed by atoms with Crippen LogP contribution < -0.4 is 33.8 Å². The molecule has 0 spiro atoms. The number of aromatic nitrogens is 1. The van der Waals surface area contributed by atoms with Crippen molar-refractivity contribution in [1.82, 2.24) is 4.57 Å². The SMILES string of the molecule is CCOc1cc(/C=c2/sc3n(c2=O)C(c2ccccc2)C(C(=O)Oc2ccccc2)=C(C)N=3)ccc1OCCOc1ccccc1. The molecule has 0 saturated carbocycles. The molecule has 1 aromatic heterocycles. The number of carbonyl (C=O) groups is 1. The molecule has 1 unspecified atom stereocenters. The van der Waals surface area contributed by atoms with E-state index in [1.807, 2.05) is 91.9 Å². The molecule has 232 valence electrons. The topological polar surface area (TPSA) is 88.4 Å². The van der Waals surface area contributed by atoms with Gasteiger partial charge in [-0.3, -0.25) is 9.36 Å². The zero-order valence-corrected chi connectivity index (χ0v) is 26.2. The molecule has 6 rings (SSSR count). The lowest BCUT2D eigenvalue weighted by molar-refractivity contribution is -0.130. The number of ether oxygens (including phenoxy) is 4. The van der Waals surface area contributed by atoms with Gasteiger partial charge in [0.05, 0.1) is 28.5 Å². The Morgan fingerprint density at radius 3 is 2.17 bits per heavy atom. The number of fused-ring (bicyclic) bond motifs is 1.